The molecule has 0 amide bonds. The van der Waals surface area contributed by atoms with E-state index in [1.54, 1.807) is 24.3 Å². The first-order chi connectivity index (χ1) is 17.6. The first-order valence-electron chi connectivity index (χ1n) is 11.3. The molecule has 0 saturated carbocycles. The molecule has 1 unspecified atom stereocenters. The summed E-state index contributed by atoms with van der Waals surface area (Å²) >= 11 is 6.46. The fraction of sp³-hybridized carbons (Fsp3) is 0.0667. The molecule has 1 atom stereocenters. The van der Waals surface area contributed by atoms with Crippen molar-refractivity contribution in [3.63, 3.8) is 0 Å². The first kappa shape index (κ1) is 23.2. The third kappa shape index (κ3) is 4.43. The van der Waals surface area contributed by atoms with Gasteiger partial charge in [-0.3, -0.25) is 4.79 Å². The second kappa shape index (κ2) is 9.99. The number of halogens is 1. The zero-order chi connectivity index (χ0) is 25.1. The van der Waals surface area contributed by atoms with Crippen LogP contribution in [0.3, 0.4) is 0 Å². The monoisotopic (exact) mass is 492 g/mol. The third-order valence-electron chi connectivity index (χ3n) is 6.13. The highest BCUT2D eigenvalue weighted by molar-refractivity contribution is 6.31. The van der Waals surface area contributed by atoms with Gasteiger partial charge in [0.05, 0.1) is 5.92 Å². The van der Waals surface area contributed by atoms with Gasteiger partial charge < -0.3 is 15.2 Å². The fourth-order valence-electron chi connectivity index (χ4n) is 4.46. The molecule has 1 aliphatic heterocycles. The molecule has 1 heterocycles. The van der Waals surface area contributed by atoms with E-state index in [4.69, 9.17) is 26.8 Å². The molecule has 36 heavy (non-hydrogen) atoms. The second-order valence-electron chi connectivity index (χ2n) is 8.32. The normalized spacial score (nSPS) is 14.5. The van der Waals surface area contributed by atoms with Crippen LogP contribution in [-0.4, -0.2) is 5.97 Å². The number of nitrogens with two attached hydrogens (primary N) is 1. The first-order valence-corrected chi connectivity index (χ1v) is 11.7. The van der Waals surface area contributed by atoms with Gasteiger partial charge in [-0.25, -0.2) is 0 Å². The predicted molar refractivity (Wildman–Crippen MR) is 138 cm³/mol. The van der Waals surface area contributed by atoms with Crippen molar-refractivity contribution in [2.75, 3.05) is 0 Å². The molecular weight excluding hydrogens is 472 g/mol. The average molecular weight is 493 g/mol. The van der Waals surface area contributed by atoms with E-state index in [1.807, 2.05) is 78.9 Å². The second-order valence-corrected chi connectivity index (χ2v) is 8.73. The molecule has 5 nitrogen and oxygen atoms in total. The van der Waals surface area contributed by atoms with E-state index < -0.39 is 17.8 Å². The summed E-state index contributed by atoms with van der Waals surface area (Å²) < 4.78 is 11.6. The van der Waals surface area contributed by atoms with Crippen molar-refractivity contribution >= 4 is 17.6 Å². The molecule has 0 fully saturated rings. The molecule has 0 bridgehead atoms. The molecule has 6 heteroatoms. The number of hydrogen-bond donors (Lipinski definition) is 1. The van der Waals surface area contributed by atoms with Crippen molar-refractivity contribution in [1.82, 2.24) is 0 Å². The third-order valence-corrected chi connectivity index (χ3v) is 6.47. The average Bonchev–Trinajstić information content (AvgIpc) is 2.89. The smallest absolute Gasteiger partial charge is 0.323 e. The Labute approximate surface area is 214 Å². The number of fused-ring (bicyclic) bond motifs is 1. The SMILES string of the molecule is N#CC1=C(N)Oc2cc(OC(=O)C(c3ccccc3)c3ccccc3)ccc2C1c1ccccc1Cl. The summed E-state index contributed by atoms with van der Waals surface area (Å²) in [6.45, 7) is 0. The van der Waals surface area contributed by atoms with Crippen LogP contribution in [0, 0.1) is 11.3 Å². The minimum Gasteiger partial charge on any atom is -0.440 e. The fourth-order valence-corrected chi connectivity index (χ4v) is 4.70. The Morgan fingerprint density at radius 1 is 0.889 bits per heavy atom. The van der Waals surface area contributed by atoms with E-state index in [9.17, 15) is 10.1 Å². The van der Waals surface area contributed by atoms with Crippen LogP contribution in [0.4, 0.5) is 0 Å². The van der Waals surface area contributed by atoms with E-state index in [1.165, 1.54) is 0 Å². The molecule has 0 spiro atoms. The van der Waals surface area contributed by atoms with E-state index in [2.05, 4.69) is 6.07 Å². The number of rotatable bonds is 5. The van der Waals surface area contributed by atoms with E-state index in [0.717, 1.165) is 16.7 Å². The molecule has 4 aromatic carbocycles. The Bertz CT molecular complexity index is 1450. The van der Waals surface area contributed by atoms with Crippen LogP contribution in [0.15, 0.2) is 115 Å². The van der Waals surface area contributed by atoms with Crippen molar-refractivity contribution in [2.24, 2.45) is 5.73 Å². The van der Waals surface area contributed by atoms with Gasteiger partial charge >= 0.3 is 5.97 Å². The molecule has 1 aliphatic rings. The lowest BCUT2D eigenvalue weighted by molar-refractivity contribution is -0.135. The number of nitriles is 1. The van der Waals surface area contributed by atoms with Crippen molar-refractivity contribution in [3.05, 3.63) is 142 Å². The van der Waals surface area contributed by atoms with Gasteiger partial charge in [-0.2, -0.15) is 5.26 Å². The van der Waals surface area contributed by atoms with E-state index in [-0.39, 0.29) is 11.5 Å². The molecular formula is C30H21ClN2O3. The molecule has 176 valence electrons. The molecule has 0 aromatic heterocycles. The molecule has 4 aromatic rings. The predicted octanol–water partition coefficient (Wildman–Crippen LogP) is 6.30. The minimum absolute atomic E-state index is 0.00940. The molecule has 5 rings (SSSR count). The molecule has 2 N–H and O–H groups in total. The van der Waals surface area contributed by atoms with Gasteiger partial charge in [0.2, 0.25) is 5.88 Å². The lowest BCUT2D eigenvalue weighted by atomic mass is 9.83. The van der Waals surface area contributed by atoms with Crippen LogP contribution in [0.5, 0.6) is 11.5 Å². The lowest BCUT2D eigenvalue weighted by Gasteiger charge is -2.27. The largest absolute Gasteiger partial charge is 0.440 e. The number of nitrogens with zero attached hydrogens (tertiary/aromatic N) is 1. The lowest BCUT2D eigenvalue weighted by Crippen LogP contribution is -2.22. The van der Waals surface area contributed by atoms with Crippen molar-refractivity contribution in [3.8, 4) is 17.6 Å². The number of hydrogen-bond acceptors (Lipinski definition) is 5. The maximum Gasteiger partial charge on any atom is 0.323 e. The number of benzene rings is 4. The maximum absolute atomic E-state index is 13.4. The Balaban J connectivity index is 1.50. The quantitative estimate of drug-likeness (QED) is 0.261. The maximum atomic E-state index is 13.4. The summed E-state index contributed by atoms with van der Waals surface area (Å²) in [5, 5.41) is 10.3. The summed E-state index contributed by atoms with van der Waals surface area (Å²) in [6, 6.07) is 33.5. The highest BCUT2D eigenvalue weighted by atomic mass is 35.5. The highest BCUT2D eigenvalue weighted by Gasteiger charge is 2.32. The van der Waals surface area contributed by atoms with Crippen LogP contribution in [0.25, 0.3) is 0 Å². The van der Waals surface area contributed by atoms with Gasteiger partial charge in [-0.15, -0.1) is 0 Å². The Kier molecular flexibility index (Phi) is 6.44. The Morgan fingerprint density at radius 2 is 1.50 bits per heavy atom. The molecule has 0 saturated heterocycles. The van der Waals surface area contributed by atoms with Gasteiger partial charge in [0.15, 0.2) is 0 Å². The van der Waals surface area contributed by atoms with Crippen molar-refractivity contribution in [2.45, 2.75) is 11.8 Å². The number of esters is 1. The van der Waals surface area contributed by atoms with Gasteiger partial charge in [0.25, 0.3) is 0 Å². The van der Waals surface area contributed by atoms with Gasteiger partial charge in [-0.1, -0.05) is 96.5 Å². The Hall–Kier alpha value is -4.53. The van der Waals surface area contributed by atoms with E-state index >= 15 is 0 Å². The van der Waals surface area contributed by atoms with Crippen LogP contribution >= 0.6 is 11.6 Å². The van der Waals surface area contributed by atoms with Gasteiger partial charge in [0, 0.05) is 16.7 Å². The summed E-state index contributed by atoms with van der Waals surface area (Å²) in [6.07, 6.45) is 0. The van der Waals surface area contributed by atoms with Crippen molar-refractivity contribution < 1.29 is 14.3 Å². The summed E-state index contributed by atoms with van der Waals surface area (Å²) in [7, 11) is 0. The topological polar surface area (TPSA) is 85.3 Å². The number of carbonyl (C=O) groups excluding carboxylic acids is 1. The van der Waals surface area contributed by atoms with Gasteiger partial charge in [-0.05, 0) is 28.8 Å². The zero-order valence-corrected chi connectivity index (χ0v) is 19.9. The zero-order valence-electron chi connectivity index (χ0n) is 19.1. The number of carbonyl (C=O) groups is 1. The number of ether oxygens (including phenoxy) is 2. The highest BCUT2D eigenvalue weighted by Crippen LogP contribution is 2.45. The Morgan fingerprint density at radius 3 is 2.11 bits per heavy atom. The standard InChI is InChI=1S/C30H21ClN2O3/c31-25-14-8-7-13-22(25)28-23-16-15-21(17-26(23)36-29(33)24(28)18-32)35-30(34)27(19-9-3-1-4-10-19)20-11-5-2-6-12-20/h1-17,27-28H,33H2. The summed E-state index contributed by atoms with van der Waals surface area (Å²) in [5.74, 6) is -0.828. The molecule has 0 aliphatic carbocycles. The van der Waals surface area contributed by atoms with Crippen molar-refractivity contribution in [1.29, 1.82) is 5.26 Å². The minimum atomic E-state index is -0.601. The molecule has 0 radical (unpaired) electrons. The van der Waals surface area contributed by atoms with E-state index in [0.29, 0.717) is 22.1 Å². The summed E-state index contributed by atoms with van der Waals surface area (Å²) in [5.41, 5.74) is 9.48. The number of allylic oxidation sites excluding steroid dienone is 1. The van der Waals surface area contributed by atoms with Crippen LogP contribution in [0.1, 0.15) is 34.1 Å². The van der Waals surface area contributed by atoms with Crippen LogP contribution in [0.2, 0.25) is 5.02 Å². The van der Waals surface area contributed by atoms with Crippen LogP contribution < -0.4 is 15.2 Å². The van der Waals surface area contributed by atoms with Crippen LogP contribution in [-0.2, 0) is 4.79 Å². The van der Waals surface area contributed by atoms with Gasteiger partial charge in [0.1, 0.15) is 29.1 Å². The summed E-state index contributed by atoms with van der Waals surface area (Å²) in [4.78, 5) is 13.4.